The van der Waals surface area contributed by atoms with E-state index in [0.29, 0.717) is 11.5 Å². The first-order valence-corrected chi connectivity index (χ1v) is 8.37. The topological polar surface area (TPSA) is 87.8 Å². The fourth-order valence-electron chi connectivity index (χ4n) is 1.60. The summed E-state index contributed by atoms with van der Waals surface area (Å²) in [6, 6.07) is 17.3. The van der Waals surface area contributed by atoms with Crippen LogP contribution in [0.2, 0.25) is 0 Å². The molecule has 0 aliphatic heterocycles. The number of para-hydroxylation sites is 2. The predicted molar refractivity (Wildman–Crippen MR) is 101 cm³/mol. The van der Waals surface area contributed by atoms with Crippen molar-refractivity contribution < 1.29 is 23.8 Å². The van der Waals surface area contributed by atoms with Crippen molar-refractivity contribution in [1.82, 2.24) is 0 Å². The Labute approximate surface area is 154 Å². The molecule has 2 aromatic rings. The maximum atomic E-state index is 11.8. The van der Waals surface area contributed by atoms with Crippen LogP contribution in [0.25, 0.3) is 0 Å². The quantitative estimate of drug-likeness (QED) is 0.628. The van der Waals surface area contributed by atoms with Gasteiger partial charge in [-0.1, -0.05) is 50.2 Å². The highest BCUT2D eigenvalue weighted by Gasteiger charge is 2.18. The van der Waals surface area contributed by atoms with Crippen LogP contribution in [0, 0.1) is 0 Å². The minimum absolute atomic E-state index is 0.333. The average Bonchev–Trinajstić information content (AvgIpc) is 2.70. The molecule has 2 aromatic carbocycles. The van der Waals surface area contributed by atoms with Crippen LogP contribution in [-0.4, -0.2) is 31.7 Å². The van der Waals surface area contributed by atoms with Gasteiger partial charge in [0.2, 0.25) is 0 Å². The number of hydrogen-bond acceptors (Lipinski definition) is 6. The molecular weight excluding hydrogens is 334 g/mol. The molecule has 0 aromatic heterocycles. The van der Waals surface area contributed by atoms with Crippen LogP contribution in [0.15, 0.2) is 60.7 Å². The summed E-state index contributed by atoms with van der Waals surface area (Å²) in [7, 11) is 1.50. The minimum atomic E-state index is -0.872. The van der Waals surface area contributed by atoms with E-state index in [1.807, 2.05) is 26.0 Å². The molecule has 0 radical (unpaired) electrons. The molecule has 0 bridgehead atoms. The van der Waals surface area contributed by atoms with E-state index in [2.05, 4.69) is 5.73 Å². The van der Waals surface area contributed by atoms with Crippen LogP contribution in [0.5, 0.6) is 11.5 Å². The van der Waals surface area contributed by atoms with Crippen LogP contribution < -0.4 is 15.2 Å². The fraction of sp³-hybridized carbons (Fsp3) is 0.300. The average molecular weight is 361 g/mol. The van der Waals surface area contributed by atoms with Crippen molar-refractivity contribution in [2.24, 2.45) is 5.73 Å². The first-order valence-electron chi connectivity index (χ1n) is 8.37. The van der Waals surface area contributed by atoms with Gasteiger partial charge in [0, 0.05) is 0 Å². The third-order valence-corrected chi connectivity index (χ3v) is 2.72. The van der Waals surface area contributed by atoms with Crippen LogP contribution in [0.3, 0.4) is 0 Å². The van der Waals surface area contributed by atoms with E-state index in [0.717, 1.165) is 0 Å². The van der Waals surface area contributed by atoms with Gasteiger partial charge in [0.15, 0.2) is 6.10 Å². The van der Waals surface area contributed by atoms with Crippen molar-refractivity contribution in [2.75, 3.05) is 13.7 Å². The third-order valence-electron chi connectivity index (χ3n) is 2.72. The SMILES string of the molecule is CC.CC(OCC(=O)Oc1ccccc1)C(=O)Oc1ccccc1.CN. The largest absolute Gasteiger partial charge is 0.425 e. The van der Waals surface area contributed by atoms with Gasteiger partial charge >= 0.3 is 11.9 Å². The molecule has 0 spiro atoms. The van der Waals surface area contributed by atoms with Gasteiger partial charge < -0.3 is 19.9 Å². The molecule has 0 heterocycles. The van der Waals surface area contributed by atoms with E-state index in [9.17, 15) is 9.59 Å². The summed E-state index contributed by atoms with van der Waals surface area (Å²) in [6.07, 6.45) is -0.872. The monoisotopic (exact) mass is 361 g/mol. The number of carbonyl (C=O) groups excluding carboxylic acids is 2. The molecule has 0 saturated heterocycles. The summed E-state index contributed by atoms with van der Waals surface area (Å²) in [6.45, 7) is 5.18. The van der Waals surface area contributed by atoms with Crippen LogP contribution >= 0.6 is 0 Å². The Kier molecular flexibility index (Phi) is 13.1. The van der Waals surface area contributed by atoms with Crippen LogP contribution in [0.1, 0.15) is 20.8 Å². The number of benzene rings is 2. The van der Waals surface area contributed by atoms with Crippen molar-refractivity contribution >= 4 is 11.9 Å². The summed E-state index contributed by atoms with van der Waals surface area (Å²) in [5, 5.41) is 0. The van der Waals surface area contributed by atoms with Gasteiger partial charge in [0.25, 0.3) is 0 Å². The number of rotatable bonds is 6. The maximum absolute atomic E-state index is 11.8. The first-order chi connectivity index (χ1) is 12.6. The highest BCUT2D eigenvalue weighted by atomic mass is 16.6. The molecule has 26 heavy (non-hydrogen) atoms. The highest BCUT2D eigenvalue weighted by molar-refractivity contribution is 5.78. The molecule has 0 aliphatic carbocycles. The number of ether oxygens (including phenoxy) is 3. The molecule has 142 valence electrons. The van der Waals surface area contributed by atoms with Gasteiger partial charge in [-0.2, -0.15) is 0 Å². The Morgan fingerprint density at radius 1 is 0.846 bits per heavy atom. The Morgan fingerprint density at radius 2 is 1.27 bits per heavy atom. The maximum Gasteiger partial charge on any atom is 0.340 e. The normalized spacial score (nSPS) is 10.2. The first kappa shape index (κ1) is 23.3. The molecular formula is C20H27NO5. The van der Waals surface area contributed by atoms with E-state index < -0.39 is 18.0 Å². The van der Waals surface area contributed by atoms with Crippen molar-refractivity contribution in [2.45, 2.75) is 26.9 Å². The molecule has 0 saturated carbocycles. The second-order valence-electron chi connectivity index (χ2n) is 4.47. The standard InChI is InChI=1S/C17H16O5.C2H6.CH5N/c1-13(17(19)22-15-10-6-3-7-11-15)20-12-16(18)21-14-8-4-2-5-9-14;2*1-2/h2-11,13H,12H2,1H3;1-2H3;2H2,1H3. The molecule has 6 heteroatoms. The van der Waals surface area contributed by atoms with E-state index in [1.54, 1.807) is 48.5 Å². The zero-order chi connectivity index (χ0) is 19.8. The number of esters is 2. The van der Waals surface area contributed by atoms with Gasteiger partial charge in [-0.15, -0.1) is 0 Å². The number of carbonyl (C=O) groups is 2. The van der Waals surface area contributed by atoms with Crippen LogP contribution in [0.4, 0.5) is 0 Å². The molecule has 2 rings (SSSR count). The lowest BCUT2D eigenvalue weighted by atomic mass is 10.3. The van der Waals surface area contributed by atoms with Gasteiger partial charge in [-0.3, -0.25) is 0 Å². The number of nitrogens with two attached hydrogens (primary N) is 1. The predicted octanol–water partition coefficient (Wildman–Crippen LogP) is 3.20. The van der Waals surface area contributed by atoms with E-state index in [4.69, 9.17) is 14.2 Å². The molecule has 1 atom stereocenters. The van der Waals surface area contributed by atoms with Crippen molar-refractivity contribution in [3.8, 4) is 11.5 Å². The molecule has 0 amide bonds. The van der Waals surface area contributed by atoms with E-state index in [-0.39, 0.29) is 6.61 Å². The van der Waals surface area contributed by atoms with Crippen molar-refractivity contribution in [3.05, 3.63) is 60.7 Å². The van der Waals surface area contributed by atoms with Gasteiger partial charge in [0.05, 0.1) is 0 Å². The molecule has 6 nitrogen and oxygen atoms in total. The summed E-state index contributed by atoms with van der Waals surface area (Å²) >= 11 is 0. The second-order valence-corrected chi connectivity index (χ2v) is 4.47. The Hall–Kier alpha value is -2.70. The zero-order valence-electron chi connectivity index (χ0n) is 15.7. The third kappa shape index (κ3) is 9.56. The fourth-order valence-corrected chi connectivity index (χ4v) is 1.60. The van der Waals surface area contributed by atoms with Gasteiger partial charge in [-0.25, -0.2) is 9.59 Å². The lowest BCUT2D eigenvalue weighted by Gasteiger charge is -2.12. The Balaban J connectivity index is 0.00000146. The summed E-state index contributed by atoms with van der Waals surface area (Å²) < 4.78 is 15.3. The minimum Gasteiger partial charge on any atom is -0.425 e. The summed E-state index contributed by atoms with van der Waals surface area (Å²) in [5.74, 6) is -0.297. The zero-order valence-corrected chi connectivity index (χ0v) is 15.7. The van der Waals surface area contributed by atoms with Crippen LogP contribution in [-0.2, 0) is 14.3 Å². The molecule has 2 N–H and O–H groups in total. The molecule has 0 aliphatic rings. The lowest BCUT2D eigenvalue weighted by Crippen LogP contribution is -2.29. The smallest absolute Gasteiger partial charge is 0.340 e. The molecule has 1 unspecified atom stereocenters. The van der Waals surface area contributed by atoms with E-state index in [1.165, 1.54) is 14.0 Å². The Bertz CT molecular complexity index is 617. The highest BCUT2D eigenvalue weighted by Crippen LogP contribution is 2.11. The van der Waals surface area contributed by atoms with Crippen molar-refractivity contribution in [3.63, 3.8) is 0 Å². The van der Waals surface area contributed by atoms with E-state index >= 15 is 0 Å². The second kappa shape index (κ2) is 14.6. The molecule has 0 fully saturated rings. The van der Waals surface area contributed by atoms with Gasteiger partial charge in [0.1, 0.15) is 18.1 Å². The van der Waals surface area contributed by atoms with Crippen molar-refractivity contribution in [1.29, 1.82) is 0 Å². The Morgan fingerprint density at radius 3 is 1.73 bits per heavy atom. The summed E-state index contributed by atoms with van der Waals surface area (Å²) in [5.41, 5.74) is 4.50. The summed E-state index contributed by atoms with van der Waals surface area (Å²) in [4.78, 5) is 23.4. The van der Waals surface area contributed by atoms with Gasteiger partial charge in [-0.05, 0) is 38.2 Å². The number of hydrogen-bond donors (Lipinski definition) is 1. The lowest BCUT2D eigenvalue weighted by molar-refractivity contribution is -0.152.